The molecule has 0 N–H and O–H groups in total. The Kier molecular flexibility index (Phi) is 3.86. The summed E-state index contributed by atoms with van der Waals surface area (Å²) in [5, 5.41) is 16.3. The number of halogens is 2. The van der Waals surface area contributed by atoms with Crippen molar-refractivity contribution in [2.75, 3.05) is 10.8 Å². The first-order valence-corrected chi connectivity index (χ1v) is 8.02. The van der Waals surface area contributed by atoms with Crippen molar-refractivity contribution in [3.63, 3.8) is 0 Å². The number of benzene rings is 1. The molecule has 0 radical (unpaired) electrons. The highest BCUT2D eigenvalue weighted by Gasteiger charge is 2.28. The van der Waals surface area contributed by atoms with Gasteiger partial charge < -0.3 is 0 Å². The first kappa shape index (κ1) is 15.8. The van der Waals surface area contributed by atoms with Crippen molar-refractivity contribution in [2.24, 2.45) is 0 Å². The highest BCUT2D eigenvalue weighted by atomic mass is 32.2. The van der Waals surface area contributed by atoms with Crippen molar-refractivity contribution in [3.8, 4) is 6.07 Å². The van der Waals surface area contributed by atoms with Crippen LogP contribution in [0.25, 0.3) is 5.65 Å². The number of sulfonamides is 1. The molecular weight excluding hydrogens is 340 g/mol. The molecule has 0 spiro atoms. The summed E-state index contributed by atoms with van der Waals surface area (Å²) in [4.78, 5) is -0.206. The molecule has 0 aliphatic carbocycles. The van der Waals surface area contributed by atoms with E-state index in [-0.39, 0.29) is 16.2 Å². The van der Waals surface area contributed by atoms with Crippen molar-refractivity contribution >= 4 is 21.4 Å². The lowest BCUT2D eigenvalue weighted by Gasteiger charge is -2.21. The van der Waals surface area contributed by atoms with Gasteiger partial charge in [0.05, 0.1) is 11.8 Å². The fourth-order valence-corrected chi connectivity index (χ4v) is 3.65. The Morgan fingerprint density at radius 2 is 2.04 bits per heavy atom. The molecule has 3 aromatic rings. The maximum Gasteiger partial charge on any atom is 0.269 e. The first-order chi connectivity index (χ1) is 11.4. The molecule has 0 aliphatic heterocycles. The molecule has 0 saturated carbocycles. The quantitative estimate of drug-likeness (QED) is 0.669. The SMILES string of the molecule is N#CCN(c1ccc(F)c(F)c1)S(=O)(=O)c1cccn2cnnc12. The maximum absolute atomic E-state index is 13.5. The number of hydrogen-bond acceptors (Lipinski definition) is 5. The zero-order valence-electron chi connectivity index (χ0n) is 12.0. The minimum absolute atomic E-state index is 0.0584. The van der Waals surface area contributed by atoms with E-state index in [4.69, 9.17) is 5.26 Å². The standard InChI is InChI=1S/C14H9F2N5O2S/c15-11-4-3-10(8-12(11)16)21(7-5-17)24(22,23)13-2-1-6-20-9-18-19-14(13)20/h1-4,6,8-9H,7H2. The summed E-state index contributed by atoms with van der Waals surface area (Å²) in [6.07, 6.45) is 2.88. The molecule has 1 aromatic carbocycles. The number of nitriles is 1. The van der Waals surface area contributed by atoms with E-state index in [1.807, 2.05) is 0 Å². The number of rotatable bonds is 4. The molecule has 0 atom stereocenters. The van der Waals surface area contributed by atoms with Crippen LogP contribution in [0, 0.1) is 23.0 Å². The molecule has 0 aliphatic rings. The third-order valence-electron chi connectivity index (χ3n) is 3.26. The zero-order valence-corrected chi connectivity index (χ0v) is 12.8. The van der Waals surface area contributed by atoms with Gasteiger partial charge in [0.2, 0.25) is 0 Å². The van der Waals surface area contributed by atoms with Gasteiger partial charge in [0, 0.05) is 12.3 Å². The van der Waals surface area contributed by atoms with Gasteiger partial charge in [-0.15, -0.1) is 10.2 Å². The Morgan fingerprint density at radius 3 is 2.75 bits per heavy atom. The molecule has 3 rings (SSSR count). The third-order valence-corrected chi connectivity index (χ3v) is 5.06. The molecule has 0 unspecified atom stereocenters. The van der Waals surface area contributed by atoms with Crippen LogP contribution >= 0.6 is 0 Å². The van der Waals surface area contributed by atoms with Gasteiger partial charge in [-0.25, -0.2) is 17.2 Å². The van der Waals surface area contributed by atoms with E-state index in [1.54, 1.807) is 12.3 Å². The van der Waals surface area contributed by atoms with Gasteiger partial charge in [0.25, 0.3) is 10.0 Å². The normalized spacial score (nSPS) is 11.4. The predicted molar refractivity (Wildman–Crippen MR) is 79.5 cm³/mol. The smallest absolute Gasteiger partial charge is 0.269 e. The molecule has 2 aromatic heterocycles. The first-order valence-electron chi connectivity index (χ1n) is 6.58. The van der Waals surface area contributed by atoms with Crippen LogP contribution in [-0.4, -0.2) is 29.6 Å². The number of nitrogens with zero attached hydrogens (tertiary/aromatic N) is 5. The van der Waals surface area contributed by atoms with Gasteiger partial charge >= 0.3 is 0 Å². The second-order valence-electron chi connectivity index (χ2n) is 4.70. The van der Waals surface area contributed by atoms with Crippen molar-refractivity contribution in [1.29, 1.82) is 5.26 Å². The Balaban J connectivity index is 2.19. The molecular formula is C14H9F2N5O2S. The predicted octanol–water partition coefficient (Wildman–Crippen LogP) is 1.73. The van der Waals surface area contributed by atoms with Gasteiger partial charge in [-0.3, -0.25) is 8.71 Å². The fourth-order valence-electron chi connectivity index (χ4n) is 2.17. The molecule has 0 fully saturated rings. The van der Waals surface area contributed by atoms with Crippen LogP contribution in [0.3, 0.4) is 0 Å². The number of hydrogen-bond donors (Lipinski definition) is 0. The van der Waals surface area contributed by atoms with Gasteiger partial charge in [-0.05, 0) is 24.3 Å². The van der Waals surface area contributed by atoms with Gasteiger partial charge in [0.1, 0.15) is 17.8 Å². The second kappa shape index (κ2) is 5.86. The molecule has 0 saturated heterocycles. The summed E-state index contributed by atoms with van der Waals surface area (Å²) >= 11 is 0. The lowest BCUT2D eigenvalue weighted by molar-refractivity contribution is 0.508. The Morgan fingerprint density at radius 1 is 1.25 bits per heavy atom. The van der Waals surface area contributed by atoms with Crippen LogP contribution in [0.15, 0.2) is 47.8 Å². The van der Waals surface area contributed by atoms with Crippen molar-refractivity contribution in [2.45, 2.75) is 4.90 Å². The number of anilines is 1. The largest absolute Gasteiger partial charge is 0.288 e. The molecule has 7 nitrogen and oxygen atoms in total. The van der Waals surface area contributed by atoms with Crippen molar-refractivity contribution in [3.05, 3.63) is 54.5 Å². The molecule has 24 heavy (non-hydrogen) atoms. The molecule has 0 amide bonds. The maximum atomic E-state index is 13.5. The summed E-state index contributed by atoms with van der Waals surface area (Å²) < 4.78 is 54.5. The van der Waals surface area contributed by atoms with Crippen molar-refractivity contribution in [1.82, 2.24) is 14.6 Å². The van der Waals surface area contributed by atoms with Gasteiger partial charge in [0.15, 0.2) is 17.3 Å². The van der Waals surface area contributed by atoms with E-state index < -0.39 is 28.2 Å². The summed E-state index contributed by atoms with van der Waals surface area (Å²) in [7, 11) is -4.24. The van der Waals surface area contributed by atoms with Crippen molar-refractivity contribution < 1.29 is 17.2 Å². The summed E-state index contributed by atoms with van der Waals surface area (Å²) in [6.45, 7) is -0.581. The number of aromatic nitrogens is 3. The van der Waals surface area contributed by atoms with E-state index in [0.717, 1.165) is 12.1 Å². The van der Waals surface area contributed by atoms with E-state index in [2.05, 4.69) is 10.2 Å². The number of pyridine rings is 1. The van der Waals surface area contributed by atoms with Gasteiger partial charge in [-0.2, -0.15) is 5.26 Å². The highest BCUT2D eigenvalue weighted by molar-refractivity contribution is 7.93. The average Bonchev–Trinajstić information content (AvgIpc) is 3.03. The van der Waals surface area contributed by atoms with E-state index in [1.165, 1.54) is 22.9 Å². The average molecular weight is 349 g/mol. The van der Waals surface area contributed by atoms with E-state index in [0.29, 0.717) is 10.4 Å². The molecule has 0 bridgehead atoms. The fraction of sp³-hybridized carbons (Fsp3) is 0.0714. The molecule has 122 valence electrons. The highest BCUT2D eigenvalue weighted by Crippen LogP contribution is 2.26. The van der Waals surface area contributed by atoms with Crippen LogP contribution in [0.5, 0.6) is 0 Å². The number of fused-ring (bicyclic) bond motifs is 1. The van der Waals surface area contributed by atoms with E-state index >= 15 is 0 Å². The Bertz CT molecular complexity index is 1060. The van der Waals surface area contributed by atoms with Crippen LogP contribution < -0.4 is 4.31 Å². The van der Waals surface area contributed by atoms with Gasteiger partial charge in [-0.1, -0.05) is 0 Å². The Hall–Kier alpha value is -3.06. The minimum Gasteiger partial charge on any atom is -0.288 e. The van der Waals surface area contributed by atoms with E-state index in [9.17, 15) is 17.2 Å². The molecule has 2 heterocycles. The summed E-state index contributed by atoms with van der Waals surface area (Å²) in [6, 6.07) is 7.06. The Labute approximate surface area is 135 Å². The topological polar surface area (TPSA) is 91.4 Å². The lowest BCUT2D eigenvalue weighted by atomic mass is 10.3. The van der Waals surface area contributed by atoms with Crippen LogP contribution in [-0.2, 0) is 10.0 Å². The lowest BCUT2D eigenvalue weighted by Crippen LogP contribution is -2.32. The summed E-state index contributed by atoms with van der Waals surface area (Å²) in [5.74, 6) is -2.33. The molecule has 10 heteroatoms. The van der Waals surface area contributed by atoms with Crippen LogP contribution in [0.1, 0.15) is 0 Å². The van der Waals surface area contributed by atoms with Crippen LogP contribution in [0.2, 0.25) is 0 Å². The zero-order chi connectivity index (χ0) is 17.3. The van der Waals surface area contributed by atoms with Crippen LogP contribution in [0.4, 0.5) is 14.5 Å². The second-order valence-corrected chi connectivity index (χ2v) is 6.53. The summed E-state index contributed by atoms with van der Waals surface area (Å²) in [5.41, 5.74) is -0.111. The monoisotopic (exact) mass is 349 g/mol. The minimum atomic E-state index is -4.24. The third kappa shape index (κ3) is 2.55.